The fourth-order valence-electron chi connectivity index (χ4n) is 1.77. The fourth-order valence-corrected chi connectivity index (χ4v) is 1.77. The maximum absolute atomic E-state index is 4.41. The first-order valence-corrected chi connectivity index (χ1v) is 5.12. The van der Waals surface area contributed by atoms with Gasteiger partial charge in [-0.15, -0.1) is 0 Å². The monoisotopic (exact) mass is 188 g/mol. The van der Waals surface area contributed by atoms with Gasteiger partial charge in [-0.25, -0.2) is 0 Å². The molecule has 0 fully saturated rings. The van der Waals surface area contributed by atoms with Gasteiger partial charge in [0.1, 0.15) is 0 Å². The molecule has 0 bridgehead atoms. The first-order chi connectivity index (χ1) is 6.86. The summed E-state index contributed by atoms with van der Waals surface area (Å²) < 4.78 is 0. The van der Waals surface area contributed by atoms with Crippen LogP contribution in [-0.2, 0) is 6.54 Å². The summed E-state index contributed by atoms with van der Waals surface area (Å²) in [5, 5.41) is 0. The Hall–Kier alpha value is -1.15. The highest BCUT2D eigenvalue weighted by Gasteiger charge is 2.05. The number of aliphatic imine (C=N–C) groups is 1. The smallest absolute Gasteiger partial charge is 0.0401 e. The van der Waals surface area contributed by atoms with E-state index in [0.29, 0.717) is 0 Å². The second kappa shape index (κ2) is 4.38. The van der Waals surface area contributed by atoms with Crippen molar-refractivity contribution in [3.05, 3.63) is 35.4 Å². The van der Waals surface area contributed by atoms with Gasteiger partial charge in [-0.05, 0) is 31.1 Å². The van der Waals surface area contributed by atoms with Crippen molar-refractivity contribution in [2.75, 3.05) is 20.1 Å². The van der Waals surface area contributed by atoms with Crippen LogP contribution in [0.1, 0.15) is 17.5 Å². The van der Waals surface area contributed by atoms with Crippen molar-refractivity contribution in [2.45, 2.75) is 13.0 Å². The molecule has 2 nitrogen and oxygen atoms in total. The number of rotatable bonds is 0. The van der Waals surface area contributed by atoms with Crippen LogP contribution in [0.5, 0.6) is 0 Å². The van der Waals surface area contributed by atoms with Crippen LogP contribution in [0.3, 0.4) is 0 Å². The predicted molar refractivity (Wildman–Crippen MR) is 59.9 cm³/mol. The van der Waals surface area contributed by atoms with Gasteiger partial charge in [0.15, 0.2) is 0 Å². The summed E-state index contributed by atoms with van der Waals surface area (Å²) in [6.07, 6.45) is 3.16. The molecule has 0 N–H and O–H groups in total. The number of nitrogens with zero attached hydrogens (tertiary/aromatic N) is 2. The zero-order valence-electron chi connectivity index (χ0n) is 8.61. The predicted octanol–water partition coefficient (Wildman–Crippen LogP) is 1.94. The lowest BCUT2D eigenvalue weighted by Crippen LogP contribution is -2.19. The zero-order valence-corrected chi connectivity index (χ0v) is 8.61. The van der Waals surface area contributed by atoms with E-state index in [1.165, 1.54) is 11.1 Å². The highest BCUT2D eigenvalue weighted by molar-refractivity contribution is 5.81. The molecular weight excluding hydrogens is 172 g/mol. The minimum Gasteiger partial charge on any atom is -0.302 e. The maximum Gasteiger partial charge on any atom is 0.0401 e. The fraction of sp³-hybridized carbons (Fsp3) is 0.417. The van der Waals surface area contributed by atoms with E-state index in [-0.39, 0.29) is 0 Å². The van der Waals surface area contributed by atoms with E-state index in [4.69, 9.17) is 0 Å². The summed E-state index contributed by atoms with van der Waals surface area (Å²) in [5.41, 5.74) is 2.64. The molecule has 0 saturated heterocycles. The van der Waals surface area contributed by atoms with E-state index in [1.807, 2.05) is 6.21 Å². The van der Waals surface area contributed by atoms with E-state index in [0.717, 1.165) is 26.1 Å². The van der Waals surface area contributed by atoms with Crippen LogP contribution in [0.25, 0.3) is 0 Å². The van der Waals surface area contributed by atoms with Crippen molar-refractivity contribution in [1.29, 1.82) is 0 Å². The molecule has 0 aliphatic carbocycles. The van der Waals surface area contributed by atoms with Gasteiger partial charge >= 0.3 is 0 Å². The van der Waals surface area contributed by atoms with Crippen molar-refractivity contribution in [2.24, 2.45) is 4.99 Å². The lowest BCUT2D eigenvalue weighted by molar-refractivity contribution is 0.325. The molecule has 14 heavy (non-hydrogen) atoms. The molecule has 0 spiro atoms. The molecule has 0 unspecified atom stereocenters. The van der Waals surface area contributed by atoms with Gasteiger partial charge in [0, 0.05) is 19.3 Å². The number of fused-ring (bicyclic) bond motifs is 1. The normalized spacial score (nSPS) is 18.1. The Labute approximate surface area is 85.3 Å². The summed E-state index contributed by atoms with van der Waals surface area (Å²) >= 11 is 0. The Morgan fingerprint density at radius 2 is 2.14 bits per heavy atom. The Bertz CT molecular complexity index is 331. The average Bonchev–Trinajstić information content (AvgIpc) is 2.27. The molecule has 0 amide bonds. The van der Waals surface area contributed by atoms with Crippen molar-refractivity contribution in [3.63, 3.8) is 0 Å². The average molecular weight is 188 g/mol. The summed E-state index contributed by atoms with van der Waals surface area (Å²) in [6.45, 7) is 3.10. The molecule has 1 aliphatic heterocycles. The number of benzene rings is 1. The van der Waals surface area contributed by atoms with Gasteiger partial charge in [0.2, 0.25) is 0 Å². The highest BCUT2D eigenvalue weighted by Crippen LogP contribution is 2.10. The van der Waals surface area contributed by atoms with Crippen LogP contribution in [0.15, 0.2) is 29.3 Å². The van der Waals surface area contributed by atoms with Gasteiger partial charge in [-0.2, -0.15) is 0 Å². The van der Waals surface area contributed by atoms with E-state index in [9.17, 15) is 0 Å². The van der Waals surface area contributed by atoms with Crippen LogP contribution in [0, 0.1) is 0 Å². The molecule has 1 aromatic carbocycles. The first kappa shape index (κ1) is 9.41. The van der Waals surface area contributed by atoms with Gasteiger partial charge in [-0.1, -0.05) is 24.3 Å². The summed E-state index contributed by atoms with van der Waals surface area (Å²) in [4.78, 5) is 6.77. The summed E-state index contributed by atoms with van der Waals surface area (Å²) in [6, 6.07) is 8.49. The second-order valence-corrected chi connectivity index (χ2v) is 3.83. The molecule has 0 aromatic heterocycles. The van der Waals surface area contributed by atoms with Crippen LogP contribution >= 0.6 is 0 Å². The molecule has 74 valence electrons. The lowest BCUT2D eigenvalue weighted by Gasteiger charge is -2.16. The topological polar surface area (TPSA) is 15.6 Å². The molecular formula is C12H16N2. The highest BCUT2D eigenvalue weighted by atomic mass is 15.1. The number of hydrogen-bond donors (Lipinski definition) is 0. The largest absolute Gasteiger partial charge is 0.302 e. The van der Waals surface area contributed by atoms with Crippen molar-refractivity contribution < 1.29 is 0 Å². The molecule has 1 aromatic rings. The third kappa shape index (κ3) is 2.20. The van der Waals surface area contributed by atoms with Crippen LogP contribution < -0.4 is 0 Å². The molecule has 0 saturated carbocycles. The van der Waals surface area contributed by atoms with Crippen molar-refractivity contribution in [3.8, 4) is 0 Å². The first-order valence-electron chi connectivity index (χ1n) is 5.12. The summed E-state index contributed by atoms with van der Waals surface area (Å²) in [5.74, 6) is 0. The number of hydrogen-bond acceptors (Lipinski definition) is 2. The van der Waals surface area contributed by atoms with Crippen LogP contribution in [-0.4, -0.2) is 31.3 Å². The molecule has 2 rings (SSSR count). The van der Waals surface area contributed by atoms with Gasteiger partial charge < -0.3 is 4.90 Å². The third-order valence-electron chi connectivity index (χ3n) is 2.55. The van der Waals surface area contributed by atoms with Crippen molar-refractivity contribution in [1.82, 2.24) is 4.90 Å². The molecule has 1 heterocycles. The Balaban J connectivity index is 2.30. The SMILES string of the molecule is CN1CCCN=Cc2ccccc2C1. The Morgan fingerprint density at radius 1 is 1.29 bits per heavy atom. The van der Waals surface area contributed by atoms with Gasteiger partial charge in [0.25, 0.3) is 0 Å². The molecule has 0 radical (unpaired) electrons. The van der Waals surface area contributed by atoms with Crippen LogP contribution in [0.2, 0.25) is 0 Å². The molecule has 1 aliphatic rings. The summed E-state index contributed by atoms with van der Waals surface area (Å²) in [7, 11) is 2.17. The molecule has 2 heteroatoms. The minimum absolute atomic E-state index is 0.943. The standard InChI is InChI=1S/C12H16N2/c1-14-8-4-7-13-9-11-5-2-3-6-12(11)10-14/h2-3,5-6,9H,4,7-8,10H2,1H3. The van der Waals surface area contributed by atoms with E-state index in [1.54, 1.807) is 0 Å². The van der Waals surface area contributed by atoms with Crippen LogP contribution in [0.4, 0.5) is 0 Å². The van der Waals surface area contributed by atoms with Gasteiger partial charge in [-0.3, -0.25) is 4.99 Å². The van der Waals surface area contributed by atoms with Crippen molar-refractivity contribution >= 4 is 6.21 Å². The Morgan fingerprint density at radius 3 is 3.07 bits per heavy atom. The third-order valence-corrected chi connectivity index (χ3v) is 2.55. The van der Waals surface area contributed by atoms with E-state index in [2.05, 4.69) is 41.2 Å². The van der Waals surface area contributed by atoms with E-state index < -0.39 is 0 Å². The molecule has 0 atom stereocenters. The zero-order chi connectivity index (χ0) is 9.80. The van der Waals surface area contributed by atoms with Gasteiger partial charge in [0.05, 0.1) is 0 Å². The quantitative estimate of drug-likeness (QED) is 0.607. The minimum atomic E-state index is 0.943. The maximum atomic E-state index is 4.41. The second-order valence-electron chi connectivity index (χ2n) is 3.83. The Kier molecular flexibility index (Phi) is 2.94. The van der Waals surface area contributed by atoms with E-state index >= 15 is 0 Å². The lowest BCUT2D eigenvalue weighted by atomic mass is 10.1.